The number of oxazole rings is 1. The van der Waals surface area contributed by atoms with E-state index >= 15 is 0 Å². The van der Waals surface area contributed by atoms with Crippen LogP contribution in [-0.2, 0) is 4.79 Å². The number of aromatic nitrogens is 1. The average Bonchev–Trinajstić information content (AvgIpc) is 2.79. The molecule has 19 heavy (non-hydrogen) atoms. The second-order valence-electron chi connectivity index (χ2n) is 4.70. The molecule has 1 rings (SSSR count). The van der Waals surface area contributed by atoms with Crippen LogP contribution in [-0.4, -0.2) is 17.4 Å². The first-order valence-corrected chi connectivity index (χ1v) is 6.42. The highest BCUT2D eigenvalue weighted by molar-refractivity contribution is 5.85. The summed E-state index contributed by atoms with van der Waals surface area (Å²) in [4.78, 5) is 16.4. The van der Waals surface area contributed by atoms with Gasteiger partial charge in [0.15, 0.2) is 0 Å². The first kappa shape index (κ1) is 17.9. The zero-order valence-electron chi connectivity index (χ0n) is 12.0. The van der Waals surface area contributed by atoms with E-state index in [0.29, 0.717) is 12.4 Å². The van der Waals surface area contributed by atoms with Crippen LogP contribution >= 0.6 is 12.4 Å². The van der Waals surface area contributed by atoms with Gasteiger partial charge in [0.25, 0.3) is 0 Å². The Balaban J connectivity index is 0.00000324. The van der Waals surface area contributed by atoms with E-state index in [2.05, 4.69) is 10.3 Å². The van der Waals surface area contributed by atoms with Gasteiger partial charge in [0.1, 0.15) is 11.8 Å². The van der Waals surface area contributed by atoms with Crippen molar-refractivity contribution in [2.24, 2.45) is 11.1 Å². The van der Waals surface area contributed by atoms with Crippen LogP contribution in [0.3, 0.4) is 0 Å². The summed E-state index contributed by atoms with van der Waals surface area (Å²) in [5.74, 6) is 1.24. The fourth-order valence-electron chi connectivity index (χ4n) is 1.94. The number of carbonyl (C=O) groups excluding carboxylic acids is 1. The monoisotopic (exact) mass is 289 g/mol. The molecule has 0 spiro atoms. The SMILES string of the molecule is CCC(CC)(CN)C(=O)NC(C)c1ncc(C)o1.Cl. The molecule has 0 aliphatic carbocycles. The first-order chi connectivity index (χ1) is 8.49. The van der Waals surface area contributed by atoms with E-state index in [-0.39, 0.29) is 24.4 Å². The van der Waals surface area contributed by atoms with E-state index < -0.39 is 5.41 Å². The summed E-state index contributed by atoms with van der Waals surface area (Å²) in [6.07, 6.45) is 3.10. The molecular formula is C13H24ClN3O2. The Morgan fingerprint density at radius 3 is 2.47 bits per heavy atom. The van der Waals surface area contributed by atoms with Crippen LogP contribution in [0.2, 0.25) is 0 Å². The number of rotatable bonds is 6. The predicted octanol–water partition coefficient (Wildman–Crippen LogP) is 2.35. The summed E-state index contributed by atoms with van der Waals surface area (Å²) in [6, 6.07) is -0.241. The predicted molar refractivity (Wildman–Crippen MR) is 77.1 cm³/mol. The normalized spacial score (nSPS) is 12.7. The van der Waals surface area contributed by atoms with Crippen LogP contribution in [0, 0.1) is 12.3 Å². The Hall–Kier alpha value is -1.07. The van der Waals surface area contributed by atoms with Gasteiger partial charge in [-0.25, -0.2) is 4.98 Å². The van der Waals surface area contributed by atoms with Crippen molar-refractivity contribution in [2.75, 3.05) is 6.54 Å². The van der Waals surface area contributed by atoms with Crippen molar-refractivity contribution in [3.63, 3.8) is 0 Å². The van der Waals surface area contributed by atoms with Gasteiger partial charge in [0, 0.05) is 6.54 Å². The topological polar surface area (TPSA) is 81.2 Å². The maximum Gasteiger partial charge on any atom is 0.228 e. The highest BCUT2D eigenvalue weighted by Crippen LogP contribution is 2.26. The van der Waals surface area contributed by atoms with Crippen LogP contribution in [0.1, 0.15) is 51.3 Å². The van der Waals surface area contributed by atoms with Gasteiger partial charge in [0.2, 0.25) is 11.8 Å². The summed E-state index contributed by atoms with van der Waals surface area (Å²) in [5.41, 5.74) is 5.26. The Bertz CT molecular complexity index is 394. The molecule has 110 valence electrons. The molecule has 0 radical (unpaired) electrons. The molecule has 0 saturated carbocycles. The van der Waals surface area contributed by atoms with E-state index in [1.54, 1.807) is 6.20 Å². The van der Waals surface area contributed by atoms with E-state index in [0.717, 1.165) is 18.6 Å². The zero-order chi connectivity index (χ0) is 13.8. The fourth-order valence-corrected chi connectivity index (χ4v) is 1.94. The Morgan fingerprint density at radius 1 is 1.53 bits per heavy atom. The van der Waals surface area contributed by atoms with Crippen molar-refractivity contribution in [1.82, 2.24) is 10.3 Å². The number of amides is 1. The van der Waals surface area contributed by atoms with Crippen molar-refractivity contribution in [1.29, 1.82) is 0 Å². The molecule has 1 unspecified atom stereocenters. The zero-order valence-corrected chi connectivity index (χ0v) is 12.8. The average molecular weight is 290 g/mol. The van der Waals surface area contributed by atoms with Gasteiger partial charge in [0.05, 0.1) is 11.6 Å². The van der Waals surface area contributed by atoms with Crippen molar-refractivity contribution in [3.8, 4) is 0 Å². The van der Waals surface area contributed by atoms with E-state index in [1.165, 1.54) is 0 Å². The minimum atomic E-state index is -0.490. The molecule has 0 fully saturated rings. The number of nitrogens with two attached hydrogens (primary N) is 1. The lowest BCUT2D eigenvalue weighted by atomic mass is 9.81. The Kier molecular flexibility index (Phi) is 7.08. The third-order valence-corrected chi connectivity index (χ3v) is 3.58. The van der Waals surface area contributed by atoms with Gasteiger partial charge >= 0.3 is 0 Å². The Morgan fingerprint density at radius 2 is 2.11 bits per heavy atom. The maximum atomic E-state index is 12.3. The quantitative estimate of drug-likeness (QED) is 0.842. The third-order valence-electron chi connectivity index (χ3n) is 3.58. The number of aryl methyl sites for hydroxylation is 1. The number of hydrogen-bond donors (Lipinski definition) is 2. The molecule has 6 heteroatoms. The largest absolute Gasteiger partial charge is 0.444 e. The molecule has 1 atom stereocenters. The lowest BCUT2D eigenvalue weighted by Gasteiger charge is -2.29. The van der Waals surface area contributed by atoms with Gasteiger partial charge in [-0.3, -0.25) is 4.79 Å². The van der Waals surface area contributed by atoms with Crippen molar-refractivity contribution < 1.29 is 9.21 Å². The Labute approximate surface area is 120 Å². The molecule has 3 N–H and O–H groups in total. The van der Waals surface area contributed by atoms with Gasteiger partial charge in [-0.05, 0) is 26.7 Å². The second kappa shape index (κ2) is 7.50. The van der Waals surface area contributed by atoms with Crippen molar-refractivity contribution in [3.05, 3.63) is 17.8 Å². The highest BCUT2D eigenvalue weighted by atomic mass is 35.5. The molecule has 0 saturated heterocycles. The third kappa shape index (κ3) is 3.94. The van der Waals surface area contributed by atoms with Crippen molar-refractivity contribution >= 4 is 18.3 Å². The van der Waals surface area contributed by atoms with Gasteiger partial charge in [-0.1, -0.05) is 13.8 Å². The lowest BCUT2D eigenvalue weighted by molar-refractivity contribution is -0.131. The molecule has 1 heterocycles. The van der Waals surface area contributed by atoms with E-state index in [1.807, 2.05) is 27.7 Å². The van der Waals surface area contributed by atoms with Crippen LogP contribution < -0.4 is 11.1 Å². The molecule has 5 nitrogen and oxygen atoms in total. The van der Waals surface area contributed by atoms with Gasteiger partial charge in [-0.2, -0.15) is 0 Å². The molecule has 0 aliphatic rings. The van der Waals surface area contributed by atoms with E-state index in [4.69, 9.17) is 10.2 Å². The summed E-state index contributed by atoms with van der Waals surface area (Å²) in [6.45, 7) is 8.00. The fraction of sp³-hybridized carbons (Fsp3) is 0.692. The standard InChI is InChI=1S/C13H23N3O2.ClH/c1-5-13(6-2,8-14)12(17)16-10(4)11-15-7-9(3)18-11;/h7,10H,5-6,8,14H2,1-4H3,(H,16,17);1H. The van der Waals surface area contributed by atoms with E-state index in [9.17, 15) is 4.79 Å². The van der Waals surface area contributed by atoms with Gasteiger partial charge in [-0.15, -0.1) is 12.4 Å². The lowest BCUT2D eigenvalue weighted by Crippen LogP contribution is -2.46. The highest BCUT2D eigenvalue weighted by Gasteiger charge is 2.34. The molecular weight excluding hydrogens is 266 g/mol. The molecule has 1 aromatic rings. The smallest absolute Gasteiger partial charge is 0.228 e. The summed E-state index contributed by atoms with van der Waals surface area (Å²) < 4.78 is 5.40. The second-order valence-corrected chi connectivity index (χ2v) is 4.70. The number of halogens is 1. The molecule has 0 aliphatic heterocycles. The maximum absolute atomic E-state index is 12.3. The van der Waals surface area contributed by atoms with Crippen LogP contribution in [0.15, 0.2) is 10.6 Å². The minimum absolute atomic E-state index is 0. The summed E-state index contributed by atoms with van der Waals surface area (Å²) in [5, 5.41) is 2.93. The molecule has 1 amide bonds. The van der Waals surface area contributed by atoms with Crippen LogP contribution in [0.5, 0.6) is 0 Å². The molecule has 0 aromatic carbocycles. The van der Waals surface area contributed by atoms with Crippen molar-refractivity contribution in [2.45, 2.75) is 46.6 Å². The molecule has 0 bridgehead atoms. The number of carbonyl (C=O) groups is 1. The first-order valence-electron chi connectivity index (χ1n) is 6.42. The summed E-state index contributed by atoms with van der Waals surface area (Å²) >= 11 is 0. The van der Waals surface area contributed by atoms with Crippen LogP contribution in [0.4, 0.5) is 0 Å². The number of nitrogens with one attached hydrogen (secondary N) is 1. The number of nitrogens with zero attached hydrogens (tertiary/aromatic N) is 1. The number of hydrogen-bond acceptors (Lipinski definition) is 4. The molecule has 1 aromatic heterocycles. The minimum Gasteiger partial charge on any atom is -0.444 e. The van der Waals surface area contributed by atoms with Gasteiger partial charge < -0.3 is 15.5 Å². The summed E-state index contributed by atoms with van der Waals surface area (Å²) in [7, 11) is 0. The van der Waals surface area contributed by atoms with Crippen LogP contribution in [0.25, 0.3) is 0 Å².